The summed E-state index contributed by atoms with van der Waals surface area (Å²) in [6.07, 6.45) is 4.70. The van der Waals surface area contributed by atoms with E-state index in [1.165, 1.54) is 30.0 Å². The van der Waals surface area contributed by atoms with E-state index in [9.17, 15) is 0 Å². The second-order valence-corrected chi connectivity index (χ2v) is 5.07. The number of unbranched alkanes of at least 4 members (excludes halogenated alkanes) is 2. The summed E-state index contributed by atoms with van der Waals surface area (Å²) >= 11 is 9.38. The molecule has 0 amide bonds. The van der Waals surface area contributed by atoms with Crippen molar-refractivity contribution < 1.29 is 14.0 Å². The van der Waals surface area contributed by atoms with Gasteiger partial charge < -0.3 is 14.0 Å². The predicted molar refractivity (Wildman–Crippen MR) is 84.2 cm³/mol. The first kappa shape index (κ1) is 18.1. The minimum absolute atomic E-state index is 0.338. The second kappa shape index (κ2) is 13.6. The smallest absolute Gasteiger partial charge is 0.386 e. The molecule has 0 N–H and O–H groups in total. The van der Waals surface area contributed by atoms with E-state index in [-0.39, 0.29) is 0 Å². The van der Waals surface area contributed by atoms with Crippen LogP contribution in [0.4, 0.5) is 0 Å². The maximum Gasteiger partial charge on any atom is 0.639 e. The summed E-state index contributed by atoms with van der Waals surface area (Å²) in [5.41, 5.74) is 0. The minimum atomic E-state index is -0.659. The van der Waals surface area contributed by atoms with E-state index >= 15 is 0 Å². The zero-order valence-corrected chi connectivity index (χ0v) is 12.9. The highest BCUT2D eigenvalue weighted by atomic mass is 32.1. The van der Waals surface area contributed by atoms with Gasteiger partial charge in [0.25, 0.3) is 0 Å². The Balaban J connectivity index is 3.54. The van der Waals surface area contributed by atoms with Crippen LogP contribution >= 0.6 is 24.4 Å². The molecule has 0 fully saturated rings. The number of rotatable bonds is 13. The van der Waals surface area contributed by atoms with Crippen molar-refractivity contribution in [3.8, 4) is 0 Å². The molecule has 0 aromatic rings. The van der Waals surface area contributed by atoms with Crippen molar-refractivity contribution in [3.63, 3.8) is 0 Å². The Morgan fingerprint density at radius 1 is 0.944 bits per heavy atom. The van der Waals surface area contributed by atoms with Gasteiger partial charge in [0.2, 0.25) is 0 Å². The van der Waals surface area contributed by atoms with Crippen LogP contribution in [0.1, 0.15) is 39.5 Å². The molecule has 0 rings (SSSR count). The van der Waals surface area contributed by atoms with Gasteiger partial charge in [0.1, 0.15) is 0 Å². The van der Waals surface area contributed by atoms with Crippen LogP contribution in [0.25, 0.3) is 0 Å². The average molecular weight is 290 g/mol. The molecule has 0 radical (unpaired) electrons. The van der Waals surface area contributed by atoms with Crippen LogP contribution in [0.15, 0.2) is 0 Å². The van der Waals surface area contributed by atoms with Gasteiger partial charge in [-0.2, -0.15) is 0 Å². The van der Waals surface area contributed by atoms with Gasteiger partial charge in [-0.25, -0.2) is 0 Å². The lowest BCUT2D eigenvalue weighted by atomic mass is 10.1. The second-order valence-electron chi connectivity index (χ2n) is 4.40. The van der Waals surface area contributed by atoms with Crippen LogP contribution in [0.3, 0.4) is 0 Å². The molecule has 0 aliphatic heterocycles. The summed E-state index contributed by atoms with van der Waals surface area (Å²) < 4.78 is 16.0. The van der Waals surface area contributed by atoms with E-state index in [0.29, 0.717) is 19.8 Å². The maximum absolute atomic E-state index is 5.48. The van der Waals surface area contributed by atoms with Crippen LogP contribution in [-0.4, -0.2) is 37.9 Å². The van der Waals surface area contributed by atoms with E-state index in [4.69, 9.17) is 14.0 Å². The summed E-state index contributed by atoms with van der Waals surface area (Å²) in [7, 11) is -0.659. The lowest BCUT2D eigenvalue weighted by molar-refractivity contribution is 0.118. The molecule has 0 heterocycles. The molecular formula is C12H23BO3S2. The molecule has 0 unspecified atom stereocenters. The Morgan fingerprint density at radius 3 is 2.06 bits per heavy atom. The molecule has 3 nitrogen and oxygen atoms in total. The summed E-state index contributed by atoms with van der Waals surface area (Å²) in [6, 6.07) is 0. The van der Waals surface area contributed by atoms with E-state index in [2.05, 4.69) is 38.3 Å². The maximum atomic E-state index is 5.48. The summed E-state index contributed by atoms with van der Waals surface area (Å²) in [6.45, 7) is 5.79. The summed E-state index contributed by atoms with van der Waals surface area (Å²) in [4.78, 5) is 0. The molecule has 0 atom stereocenters. The fourth-order valence-electron chi connectivity index (χ4n) is 1.39. The van der Waals surface area contributed by atoms with E-state index in [1.54, 1.807) is 0 Å². The first-order valence-electron chi connectivity index (χ1n) is 6.42. The monoisotopic (exact) mass is 290 g/mol. The van der Waals surface area contributed by atoms with Gasteiger partial charge in [-0.3, -0.25) is 0 Å². The number of thiocarbonyl (C=S) groups is 2. The summed E-state index contributed by atoms with van der Waals surface area (Å²) in [5.74, 6) is 0.774. The van der Waals surface area contributed by atoms with Crippen molar-refractivity contribution in [3.05, 3.63) is 0 Å². The first-order chi connectivity index (χ1) is 8.70. The lowest BCUT2D eigenvalue weighted by Gasteiger charge is -2.12. The molecule has 0 aromatic heterocycles. The highest BCUT2D eigenvalue weighted by Crippen LogP contribution is 2.08. The van der Waals surface area contributed by atoms with Crippen LogP contribution in [0, 0.1) is 5.92 Å². The molecule has 0 spiro atoms. The van der Waals surface area contributed by atoms with Crippen LogP contribution in [-0.2, 0) is 14.0 Å². The molecule has 104 valence electrons. The van der Waals surface area contributed by atoms with Crippen LogP contribution < -0.4 is 0 Å². The Labute approximate surface area is 122 Å². The van der Waals surface area contributed by atoms with Crippen molar-refractivity contribution in [1.82, 2.24) is 0 Å². The molecule has 0 saturated carbocycles. The third kappa shape index (κ3) is 12.6. The standard InChI is InChI=1S/C12H23BO3S2/c1-12(2)6-4-3-5-7-14-13(15-8-10-17)16-9-11-18/h10-12H,3-9H2,1-2H3. The highest BCUT2D eigenvalue weighted by Gasteiger charge is 2.19. The molecule has 0 saturated heterocycles. The van der Waals surface area contributed by atoms with Crippen LogP contribution in [0.5, 0.6) is 0 Å². The number of hydrogen-bond donors (Lipinski definition) is 0. The lowest BCUT2D eigenvalue weighted by Crippen LogP contribution is -2.29. The molecule has 6 heteroatoms. The average Bonchev–Trinajstić information content (AvgIpc) is 2.35. The van der Waals surface area contributed by atoms with Gasteiger partial charge in [0, 0.05) is 17.3 Å². The van der Waals surface area contributed by atoms with E-state index in [1.807, 2.05) is 0 Å². The SMILES string of the molecule is CC(C)CCCCCOB(OCC=S)OCC=S. The van der Waals surface area contributed by atoms with E-state index < -0.39 is 7.32 Å². The van der Waals surface area contributed by atoms with Crippen molar-refractivity contribution in [2.45, 2.75) is 39.5 Å². The molecule has 0 bridgehead atoms. The van der Waals surface area contributed by atoms with Crippen LogP contribution in [0.2, 0.25) is 0 Å². The Morgan fingerprint density at radius 2 is 1.56 bits per heavy atom. The third-order valence-corrected chi connectivity index (χ3v) is 2.55. The van der Waals surface area contributed by atoms with E-state index in [0.717, 1.165) is 12.3 Å². The van der Waals surface area contributed by atoms with Crippen molar-refractivity contribution in [2.75, 3.05) is 19.8 Å². The van der Waals surface area contributed by atoms with Gasteiger partial charge in [0.05, 0.1) is 13.2 Å². The largest absolute Gasteiger partial charge is 0.639 e. The first-order valence-corrected chi connectivity index (χ1v) is 7.37. The minimum Gasteiger partial charge on any atom is -0.386 e. The Hall–Kier alpha value is 0.125. The fourth-order valence-corrected chi connectivity index (χ4v) is 1.55. The van der Waals surface area contributed by atoms with Gasteiger partial charge in [-0.05, 0) is 12.3 Å². The molecule has 0 aliphatic rings. The fraction of sp³-hybridized carbons (Fsp3) is 0.833. The normalized spacial score (nSPS) is 10.6. The van der Waals surface area contributed by atoms with Crippen molar-refractivity contribution in [1.29, 1.82) is 0 Å². The van der Waals surface area contributed by atoms with Gasteiger partial charge in [0.15, 0.2) is 0 Å². The molecular weight excluding hydrogens is 267 g/mol. The van der Waals surface area contributed by atoms with Gasteiger partial charge >= 0.3 is 7.32 Å². The Kier molecular flexibility index (Phi) is 13.6. The predicted octanol–water partition coefficient (Wildman–Crippen LogP) is 3.24. The number of hydrogen-bond acceptors (Lipinski definition) is 5. The zero-order valence-electron chi connectivity index (χ0n) is 11.3. The molecule has 0 aromatic carbocycles. The quantitative estimate of drug-likeness (QED) is 0.295. The third-order valence-electron chi connectivity index (χ3n) is 2.28. The van der Waals surface area contributed by atoms with Gasteiger partial charge in [-0.1, -0.05) is 57.5 Å². The topological polar surface area (TPSA) is 27.7 Å². The zero-order chi connectivity index (χ0) is 13.6. The van der Waals surface area contributed by atoms with Crippen molar-refractivity contribution >= 4 is 42.5 Å². The van der Waals surface area contributed by atoms with Crippen molar-refractivity contribution in [2.24, 2.45) is 5.92 Å². The Bertz CT molecular complexity index is 203. The highest BCUT2D eigenvalue weighted by molar-refractivity contribution is 7.79. The van der Waals surface area contributed by atoms with Gasteiger partial charge in [-0.15, -0.1) is 0 Å². The molecule has 18 heavy (non-hydrogen) atoms. The molecule has 0 aliphatic carbocycles. The summed E-state index contributed by atoms with van der Waals surface area (Å²) in [5, 5.41) is 3.00.